The van der Waals surface area contributed by atoms with Crippen molar-refractivity contribution in [3.63, 3.8) is 0 Å². The molecule has 1 aliphatic heterocycles. The molecule has 4 nitrogen and oxygen atoms in total. The van der Waals surface area contributed by atoms with E-state index in [1.807, 2.05) is 25.1 Å². The summed E-state index contributed by atoms with van der Waals surface area (Å²) in [5.41, 5.74) is 2.99. The molecular weight excluding hydrogens is 358 g/mol. The highest BCUT2D eigenvalue weighted by Gasteiger charge is 2.18. The lowest BCUT2D eigenvalue weighted by Crippen LogP contribution is -2.32. The van der Waals surface area contributed by atoms with Crippen molar-refractivity contribution in [1.82, 2.24) is 4.90 Å². The maximum Gasteiger partial charge on any atom is 0.178 e. The first kappa shape index (κ1) is 19.9. The number of aryl methyl sites for hydroxylation is 1. The van der Waals surface area contributed by atoms with E-state index in [2.05, 4.69) is 18.0 Å². The Morgan fingerprint density at radius 2 is 1.78 bits per heavy atom. The van der Waals surface area contributed by atoms with Gasteiger partial charge in [0.25, 0.3) is 0 Å². The first-order valence-corrected chi connectivity index (χ1v) is 11.3. The van der Waals surface area contributed by atoms with Crippen LogP contribution in [0, 0.1) is 12.8 Å². The van der Waals surface area contributed by atoms with E-state index in [0.717, 1.165) is 42.1 Å². The molecule has 0 spiro atoms. The molecule has 0 radical (unpaired) electrons. The van der Waals surface area contributed by atoms with Crippen LogP contribution < -0.4 is 4.74 Å². The lowest BCUT2D eigenvalue weighted by atomic mass is 9.98. The van der Waals surface area contributed by atoms with Crippen LogP contribution >= 0.6 is 0 Å². The average Bonchev–Trinajstić information content (AvgIpc) is 2.68. The van der Waals surface area contributed by atoms with Crippen LogP contribution in [0.15, 0.2) is 47.4 Å². The summed E-state index contributed by atoms with van der Waals surface area (Å²) in [7, 11) is -1.03. The van der Waals surface area contributed by atoms with E-state index < -0.39 is 9.84 Å². The van der Waals surface area contributed by atoms with Gasteiger partial charge in [0.15, 0.2) is 9.84 Å². The molecule has 0 atom stereocenters. The Hall–Kier alpha value is -1.85. The molecule has 27 heavy (non-hydrogen) atoms. The van der Waals surface area contributed by atoms with Crippen molar-refractivity contribution in [1.29, 1.82) is 0 Å². The number of rotatable bonds is 6. The third-order valence-electron chi connectivity index (χ3n) is 5.39. The number of hydrogen-bond acceptors (Lipinski definition) is 4. The topological polar surface area (TPSA) is 46.6 Å². The Kier molecular flexibility index (Phi) is 6.22. The number of sulfone groups is 1. The van der Waals surface area contributed by atoms with Crippen LogP contribution in [-0.2, 0) is 9.84 Å². The van der Waals surface area contributed by atoms with Crippen molar-refractivity contribution in [2.75, 3.05) is 32.5 Å². The van der Waals surface area contributed by atoms with Crippen molar-refractivity contribution >= 4 is 9.84 Å². The molecule has 0 aliphatic carbocycles. The maximum atomic E-state index is 12.1. The van der Waals surface area contributed by atoms with Gasteiger partial charge >= 0.3 is 0 Å². The number of likely N-dealkylation sites (tertiary alicyclic amines) is 1. The molecule has 2 aromatic rings. The number of ether oxygens (including phenoxy) is 1. The van der Waals surface area contributed by atoms with Crippen LogP contribution in [0.2, 0.25) is 0 Å². The molecule has 146 valence electrons. The molecule has 1 heterocycles. The van der Waals surface area contributed by atoms with Crippen LogP contribution in [0.25, 0.3) is 11.1 Å². The highest BCUT2D eigenvalue weighted by atomic mass is 32.2. The van der Waals surface area contributed by atoms with Crippen molar-refractivity contribution in [2.45, 2.75) is 31.6 Å². The Morgan fingerprint density at radius 1 is 1.07 bits per heavy atom. The molecule has 5 heteroatoms. The molecular formula is C22H29NO3S. The molecule has 1 saturated heterocycles. The first-order valence-electron chi connectivity index (χ1n) is 9.64. The van der Waals surface area contributed by atoms with Gasteiger partial charge in [0.2, 0.25) is 0 Å². The standard InChI is InChI=1S/C22H29NO3S/c1-4-27(24,25)21-7-5-6-19(15-21)20-8-9-22(17(2)14-20)26-16-18-10-12-23(3)13-11-18/h5-9,14-15,18H,4,10-13,16H2,1-3H3. The van der Waals surface area contributed by atoms with Gasteiger partial charge in [0, 0.05) is 0 Å². The minimum atomic E-state index is -3.20. The summed E-state index contributed by atoms with van der Waals surface area (Å²) >= 11 is 0. The van der Waals surface area contributed by atoms with E-state index in [9.17, 15) is 8.42 Å². The van der Waals surface area contributed by atoms with Crippen molar-refractivity contribution in [2.24, 2.45) is 5.92 Å². The molecule has 1 aliphatic rings. The zero-order valence-electron chi connectivity index (χ0n) is 16.4. The third kappa shape index (κ3) is 4.90. The second-order valence-electron chi connectivity index (χ2n) is 7.47. The molecule has 0 N–H and O–H groups in total. The molecule has 0 aromatic heterocycles. The van der Waals surface area contributed by atoms with Gasteiger partial charge in [-0.2, -0.15) is 0 Å². The number of piperidine rings is 1. The van der Waals surface area contributed by atoms with Gasteiger partial charge in [-0.3, -0.25) is 0 Å². The van der Waals surface area contributed by atoms with Crippen LogP contribution in [0.5, 0.6) is 5.75 Å². The van der Waals surface area contributed by atoms with Crippen LogP contribution in [-0.4, -0.2) is 45.8 Å². The van der Waals surface area contributed by atoms with Crippen LogP contribution in [0.4, 0.5) is 0 Å². The van der Waals surface area contributed by atoms with Crippen molar-refractivity contribution < 1.29 is 13.2 Å². The minimum absolute atomic E-state index is 0.110. The Morgan fingerprint density at radius 3 is 2.44 bits per heavy atom. The van der Waals surface area contributed by atoms with Gasteiger partial charge in [0.05, 0.1) is 17.3 Å². The molecule has 0 bridgehead atoms. The molecule has 3 rings (SSSR count). The summed E-state index contributed by atoms with van der Waals surface area (Å²) in [4.78, 5) is 2.74. The van der Waals surface area contributed by atoms with Crippen LogP contribution in [0.3, 0.4) is 0 Å². The summed E-state index contributed by atoms with van der Waals surface area (Å²) in [5.74, 6) is 1.64. The van der Waals surface area contributed by atoms with Crippen LogP contribution in [0.1, 0.15) is 25.3 Å². The zero-order valence-corrected chi connectivity index (χ0v) is 17.3. The second-order valence-corrected chi connectivity index (χ2v) is 9.75. The van der Waals surface area contributed by atoms with E-state index >= 15 is 0 Å². The van der Waals surface area contributed by atoms with Gasteiger partial charge < -0.3 is 9.64 Å². The van der Waals surface area contributed by atoms with Gasteiger partial charge in [-0.25, -0.2) is 8.42 Å². The predicted molar refractivity (Wildman–Crippen MR) is 110 cm³/mol. The summed E-state index contributed by atoms with van der Waals surface area (Å²) in [6, 6.07) is 13.2. The minimum Gasteiger partial charge on any atom is -0.493 e. The Balaban J connectivity index is 1.72. The molecule has 1 fully saturated rings. The largest absolute Gasteiger partial charge is 0.493 e. The Labute approximate surface area is 163 Å². The lowest BCUT2D eigenvalue weighted by Gasteiger charge is -2.28. The molecule has 0 amide bonds. The molecule has 2 aromatic carbocycles. The fraction of sp³-hybridized carbons (Fsp3) is 0.455. The van der Waals surface area contributed by atoms with E-state index in [-0.39, 0.29) is 5.75 Å². The van der Waals surface area contributed by atoms with E-state index in [1.165, 1.54) is 12.8 Å². The third-order valence-corrected chi connectivity index (χ3v) is 7.13. The second kappa shape index (κ2) is 8.44. The van der Waals surface area contributed by atoms with E-state index in [4.69, 9.17) is 4.74 Å². The first-order chi connectivity index (χ1) is 12.9. The zero-order chi connectivity index (χ0) is 19.4. The quantitative estimate of drug-likeness (QED) is 0.746. The average molecular weight is 388 g/mol. The molecule has 0 unspecified atom stereocenters. The SMILES string of the molecule is CCS(=O)(=O)c1cccc(-c2ccc(OCC3CCN(C)CC3)c(C)c2)c1. The summed E-state index contributed by atoms with van der Waals surface area (Å²) < 4.78 is 30.4. The highest BCUT2D eigenvalue weighted by Crippen LogP contribution is 2.29. The Bertz CT molecular complexity index is 884. The van der Waals surface area contributed by atoms with Gasteiger partial charge in [-0.1, -0.05) is 25.1 Å². The van der Waals surface area contributed by atoms with Crippen molar-refractivity contribution in [3.05, 3.63) is 48.0 Å². The highest BCUT2D eigenvalue weighted by molar-refractivity contribution is 7.91. The fourth-order valence-corrected chi connectivity index (χ4v) is 4.39. The normalized spacial score (nSPS) is 16.4. The van der Waals surface area contributed by atoms with E-state index in [1.54, 1.807) is 25.1 Å². The smallest absolute Gasteiger partial charge is 0.178 e. The summed E-state index contributed by atoms with van der Waals surface area (Å²) in [6.07, 6.45) is 2.37. The van der Waals surface area contributed by atoms with Crippen molar-refractivity contribution in [3.8, 4) is 16.9 Å². The van der Waals surface area contributed by atoms with Gasteiger partial charge in [-0.15, -0.1) is 0 Å². The number of nitrogens with zero attached hydrogens (tertiary/aromatic N) is 1. The number of benzene rings is 2. The summed E-state index contributed by atoms with van der Waals surface area (Å²) in [6.45, 7) is 6.76. The van der Waals surface area contributed by atoms with Gasteiger partial charge in [-0.05, 0) is 86.8 Å². The monoisotopic (exact) mass is 387 g/mol. The fourth-order valence-electron chi connectivity index (χ4n) is 3.46. The molecule has 0 saturated carbocycles. The summed E-state index contributed by atoms with van der Waals surface area (Å²) in [5, 5.41) is 0. The number of hydrogen-bond donors (Lipinski definition) is 0. The maximum absolute atomic E-state index is 12.1. The van der Waals surface area contributed by atoms with E-state index in [0.29, 0.717) is 10.8 Å². The predicted octanol–water partition coefficient (Wildman–Crippen LogP) is 4.18. The van der Waals surface area contributed by atoms with Gasteiger partial charge in [0.1, 0.15) is 5.75 Å². The lowest BCUT2D eigenvalue weighted by molar-refractivity contribution is 0.159.